The SMILES string of the molecule is C[C@@H](NC(=O)OC(C)(C)C)c1ncc(-c2ccc(-c3ccc(-c4cnc([C@@H]5CCCN5C(=O)OCc5ccccc5)[nH]4)cc3)cc2)[nH]1. The molecule has 242 valence electrons. The largest absolute Gasteiger partial charge is 0.445 e. The highest BCUT2D eigenvalue weighted by molar-refractivity contribution is 5.72. The van der Waals surface area contributed by atoms with Gasteiger partial charge in [0.1, 0.15) is 23.9 Å². The number of H-pyrrole nitrogens is 2. The van der Waals surface area contributed by atoms with E-state index in [-0.39, 0.29) is 24.8 Å². The molecule has 47 heavy (non-hydrogen) atoms. The van der Waals surface area contributed by atoms with Crippen LogP contribution in [-0.4, -0.2) is 49.2 Å². The molecular formula is C37H40N6O4. The van der Waals surface area contributed by atoms with Crippen molar-refractivity contribution in [1.29, 1.82) is 0 Å². The first-order valence-electron chi connectivity index (χ1n) is 15.9. The van der Waals surface area contributed by atoms with Gasteiger partial charge in [-0.05, 0) is 68.4 Å². The Hall–Kier alpha value is -5.38. The van der Waals surface area contributed by atoms with Crippen molar-refractivity contribution in [2.24, 2.45) is 0 Å². The highest BCUT2D eigenvalue weighted by Crippen LogP contribution is 2.33. The first kappa shape index (κ1) is 31.6. The van der Waals surface area contributed by atoms with Gasteiger partial charge < -0.3 is 24.8 Å². The van der Waals surface area contributed by atoms with Crippen LogP contribution < -0.4 is 5.32 Å². The Morgan fingerprint density at radius 1 is 0.872 bits per heavy atom. The van der Waals surface area contributed by atoms with Gasteiger partial charge in [0.15, 0.2) is 0 Å². The molecule has 1 fully saturated rings. The number of carbonyl (C=O) groups excluding carboxylic acids is 2. The predicted octanol–water partition coefficient (Wildman–Crippen LogP) is 8.19. The standard InChI is InChI=1S/C37H40N6O4/c1-24(40-35(44)47-37(2,3)4)33-38-21-30(41-33)28-16-12-26(13-17-28)27-14-18-29(19-15-27)31-22-39-34(42-31)32-11-8-20-43(32)36(45)46-23-25-9-6-5-7-10-25/h5-7,9-10,12-19,21-22,24,32H,8,11,20,23H2,1-4H3,(H,38,41)(H,39,42)(H,40,44)/t24-,32+/m1/s1. The fraction of sp³-hybridized carbons (Fsp3) is 0.297. The van der Waals surface area contributed by atoms with E-state index in [4.69, 9.17) is 9.47 Å². The summed E-state index contributed by atoms with van der Waals surface area (Å²) in [5, 5.41) is 2.81. The van der Waals surface area contributed by atoms with E-state index in [9.17, 15) is 9.59 Å². The molecule has 3 heterocycles. The lowest BCUT2D eigenvalue weighted by molar-refractivity contribution is 0.0505. The summed E-state index contributed by atoms with van der Waals surface area (Å²) < 4.78 is 10.9. The smallest absolute Gasteiger partial charge is 0.410 e. The molecule has 1 aliphatic rings. The van der Waals surface area contributed by atoms with Gasteiger partial charge in [0.2, 0.25) is 0 Å². The van der Waals surface area contributed by atoms with Gasteiger partial charge in [0.05, 0.1) is 35.9 Å². The van der Waals surface area contributed by atoms with Gasteiger partial charge in [0, 0.05) is 6.54 Å². The number of likely N-dealkylation sites (tertiary alicyclic amines) is 1. The second-order valence-electron chi connectivity index (χ2n) is 12.8. The lowest BCUT2D eigenvalue weighted by Gasteiger charge is -2.22. The van der Waals surface area contributed by atoms with Crippen LogP contribution in [0.4, 0.5) is 9.59 Å². The third-order valence-corrected chi connectivity index (χ3v) is 8.07. The number of nitrogens with one attached hydrogen (secondary N) is 3. The second kappa shape index (κ2) is 13.5. The van der Waals surface area contributed by atoms with Gasteiger partial charge in [-0.2, -0.15) is 0 Å². The molecule has 2 aromatic heterocycles. The predicted molar refractivity (Wildman–Crippen MR) is 180 cm³/mol. The minimum absolute atomic E-state index is 0.139. The number of hydrogen-bond donors (Lipinski definition) is 3. The van der Waals surface area contributed by atoms with E-state index in [2.05, 4.69) is 61.7 Å². The molecule has 5 aromatic rings. The van der Waals surface area contributed by atoms with Crippen molar-refractivity contribution in [1.82, 2.24) is 30.2 Å². The maximum atomic E-state index is 12.9. The molecular weight excluding hydrogens is 592 g/mol. The molecule has 0 saturated carbocycles. The molecule has 10 heteroatoms. The van der Waals surface area contributed by atoms with Gasteiger partial charge in [0.25, 0.3) is 0 Å². The van der Waals surface area contributed by atoms with E-state index in [0.29, 0.717) is 12.4 Å². The number of carbonyl (C=O) groups is 2. The molecule has 0 bridgehead atoms. The minimum atomic E-state index is -0.567. The van der Waals surface area contributed by atoms with E-state index in [1.807, 2.05) is 76.4 Å². The third kappa shape index (κ3) is 7.71. The number of hydrogen-bond acceptors (Lipinski definition) is 6. The highest BCUT2D eigenvalue weighted by Gasteiger charge is 2.33. The molecule has 1 saturated heterocycles. The Labute approximate surface area is 274 Å². The maximum Gasteiger partial charge on any atom is 0.410 e. The lowest BCUT2D eigenvalue weighted by atomic mass is 10.0. The number of alkyl carbamates (subject to hydrolysis) is 1. The van der Waals surface area contributed by atoms with Crippen LogP contribution in [0.1, 0.15) is 69.8 Å². The average molecular weight is 633 g/mol. The molecule has 3 N–H and O–H groups in total. The van der Waals surface area contributed by atoms with Crippen molar-refractivity contribution in [2.45, 2.75) is 64.8 Å². The van der Waals surface area contributed by atoms with Gasteiger partial charge in [-0.15, -0.1) is 0 Å². The summed E-state index contributed by atoms with van der Waals surface area (Å²) in [6, 6.07) is 25.8. The fourth-order valence-corrected chi connectivity index (χ4v) is 5.66. The summed E-state index contributed by atoms with van der Waals surface area (Å²) in [7, 11) is 0. The van der Waals surface area contributed by atoms with Crippen molar-refractivity contribution < 1.29 is 19.1 Å². The molecule has 2 atom stereocenters. The maximum absolute atomic E-state index is 12.9. The number of aromatic nitrogens is 4. The summed E-state index contributed by atoms with van der Waals surface area (Å²) in [6.45, 7) is 8.24. The van der Waals surface area contributed by atoms with Crippen LogP contribution >= 0.6 is 0 Å². The number of ether oxygens (including phenoxy) is 2. The average Bonchev–Trinajstić information content (AvgIpc) is 3.85. The van der Waals surface area contributed by atoms with Gasteiger partial charge in [-0.25, -0.2) is 19.6 Å². The van der Waals surface area contributed by atoms with E-state index < -0.39 is 11.7 Å². The van der Waals surface area contributed by atoms with Crippen molar-refractivity contribution in [3.63, 3.8) is 0 Å². The van der Waals surface area contributed by atoms with Crippen LogP contribution in [0.25, 0.3) is 33.6 Å². The number of nitrogens with zero attached hydrogens (tertiary/aromatic N) is 3. The first-order chi connectivity index (χ1) is 22.6. The molecule has 10 nitrogen and oxygen atoms in total. The summed E-state index contributed by atoms with van der Waals surface area (Å²) in [6.07, 6.45) is 4.54. The molecule has 0 unspecified atom stereocenters. The monoisotopic (exact) mass is 632 g/mol. The molecule has 3 aromatic carbocycles. The molecule has 0 spiro atoms. The van der Waals surface area contributed by atoms with E-state index >= 15 is 0 Å². The topological polar surface area (TPSA) is 125 Å². The quantitative estimate of drug-likeness (QED) is 0.158. The van der Waals surface area contributed by atoms with Crippen molar-refractivity contribution in [3.05, 3.63) is 108 Å². The van der Waals surface area contributed by atoms with Gasteiger partial charge >= 0.3 is 12.2 Å². The van der Waals surface area contributed by atoms with Crippen LogP contribution in [0.5, 0.6) is 0 Å². The fourth-order valence-electron chi connectivity index (χ4n) is 5.66. The summed E-state index contributed by atoms with van der Waals surface area (Å²) in [5.41, 5.74) is 6.33. The lowest BCUT2D eigenvalue weighted by Crippen LogP contribution is -2.34. The molecule has 1 aliphatic heterocycles. The van der Waals surface area contributed by atoms with Crippen LogP contribution in [0, 0.1) is 0 Å². The first-order valence-corrected chi connectivity index (χ1v) is 15.9. The van der Waals surface area contributed by atoms with E-state index in [1.165, 1.54) is 0 Å². The van der Waals surface area contributed by atoms with E-state index in [0.717, 1.165) is 57.9 Å². The zero-order valence-corrected chi connectivity index (χ0v) is 27.1. The number of imidazole rings is 2. The molecule has 0 radical (unpaired) electrons. The zero-order valence-electron chi connectivity index (χ0n) is 27.1. The Balaban J connectivity index is 1.07. The van der Waals surface area contributed by atoms with Gasteiger partial charge in [-0.1, -0.05) is 78.9 Å². The summed E-state index contributed by atoms with van der Waals surface area (Å²) in [5.74, 6) is 1.42. The Kier molecular flexibility index (Phi) is 9.10. The molecule has 6 rings (SSSR count). The summed E-state index contributed by atoms with van der Waals surface area (Å²) in [4.78, 5) is 42.7. The van der Waals surface area contributed by atoms with Gasteiger partial charge in [-0.3, -0.25) is 4.90 Å². The van der Waals surface area contributed by atoms with Crippen molar-refractivity contribution >= 4 is 12.2 Å². The highest BCUT2D eigenvalue weighted by atomic mass is 16.6. The normalized spacial score (nSPS) is 15.3. The van der Waals surface area contributed by atoms with Crippen molar-refractivity contribution in [3.8, 4) is 33.6 Å². The zero-order chi connectivity index (χ0) is 33.0. The van der Waals surface area contributed by atoms with E-state index in [1.54, 1.807) is 11.1 Å². The number of rotatable bonds is 8. The molecule has 2 amide bonds. The van der Waals surface area contributed by atoms with Crippen LogP contribution in [0.3, 0.4) is 0 Å². The number of benzene rings is 3. The van der Waals surface area contributed by atoms with Crippen LogP contribution in [-0.2, 0) is 16.1 Å². The second-order valence-corrected chi connectivity index (χ2v) is 12.8. The Morgan fingerprint density at radius 2 is 1.47 bits per heavy atom. The third-order valence-electron chi connectivity index (χ3n) is 8.07. The number of aromatic amines is 2. The summed E-state index contributed by atoms with van der Waals surface area (Å²) >= 11 is 0. The Bertz CT molecular complexity index is 1810. The number of amides is 2. The van der Waals surface area contributed by atoms with Crippen molar-refractivity contribution in [2.75, 3.05) is 6.54 Å². The van der Waals surface area contributed by atoms with Crippen LogP contribution in [0.2, 0.25) is 0 Å². The Morgan fingerprint density at radius 3 is 2.11 bits per heavy atom. The molecule has 0 aliphatic carbocycles. The van der Waals surface area contributed by atoms with Crippen LogP contribution in [0.15, 0.2) is 91.3 Å². The minimum Gasteiger partial charge on any atom is -0.445 e.